The first-order valence-electron chi connectivity index (χ1n) is 7.79. The van der Waals surface area contributed by atoms with Crippen molar-refractivity contribution in [3.8, 4) is 0 Å². The van der Waals surface area contributed by atoms with E-state index in [-0.39, 0.29) is 10.9 Å². The van der Waals surface area contributed by atoms with Crippen LogP contribution in [0.4, 0.5) is 4.79 Å². The molecule has 0 unspecified atom stereocenters. The minimum Gasteiger partial charge on any atom is -0.352 e. The average Bonchev–Trinajstić information content (AvgIpc) is 3.32. The number of piperazine rings is 1. The number of benzene rings is 1. The minimum absolute atomic E-state index is 0.0199. The predicted molar refractivity (Wildman–Crippen MR) is 84.9 cm³/mol. The van der Waals surface area contributed by atoms with Crippen LogP contribution >= 0.6 is 0 Å². The normalized spacial score (nSPS) is 22.5. The van der Waals surface area contributed by atoms with Crippen molar-refractivity contribution in [1.82, 2.24) is 15.1 Å². The molecule has 0 aromatic heterocycles. The van der Waals surface area contributed by atoms with Crippen molar-refractivity contribution in [2.24, 2.45) is 4.40 Å². The fourth-order valence-corrected chi connectivity index (χ4v) is 4.16. The Kier molecular flexibility index (Phi) is 3.29. The highest BCUT2D eigenvalue weighted by Gasteiger charge is 2.34. The molecule has 8 heteroatoms. The second-order valence-electron chi connectivity index (χ2n) is 6.08. The first-order valence-corrected chi connectivity index (χ1v) is 9.23. The molecule has 4 rings (SSSR count). The second kappa shape index (κ2) is 5.23. The molecule has 2 fully saturated rings. The number of carbonyl (C=O) groups is 1. The molecule has 23 heavy (non-hydrogen) atoms. The average molecular weight is 334 g/mol. The number of amidine groups is 1. The monoisotopic (exact) mass is 334 g/mol. The molecule has 1 N–H and O–H groups in total. The number of sulfonamides is 1. The third kappa shape index (κ3) is 2.67. The van der Waals surface area contributed by atoms with E-state index in [9.17, 15) is 13.2 Å². The molecular formula is C15H18N4O3S. The zero-order chi connectivity index (χ0) is 16.0. The van der Waals surface area contributed by atoms with Gasteiger partial charge in [-0.1, -0.05) is 12.1 Å². The van der Waals surface area contributed by atoms with Crippen molar-refractivity contribution in [2.75, 3.05) is 26.2 Å². The Balaban J connectivity index is 1.48. The highest BCUT2D eigenvalue weighted by Crippen LogP contribution is 2.28. The molecule has 1 aromatic rings. The van der Waals surface area contributed by atoms with Crippen LogP contribution in [-0.2, 0) is 10.0 Å². The predicted octanol–water partition coefficient (Wildman–Crippen LogP) is 0.625. The molecule has 0 bridgehead atoms. The summed E-state index contributed by atoms with van der Waals surface area (Å²) < 4.78 is 28.2. The minimum atomic E-state index is -3.59. The number of fused-ring (bicyclic) bond motifs is 1. The molecule has 1 saturated carbocycles. The molecule has 1 aromatic carbocycles. The van der Waals surface area contributed by atoms with Gasteiger partial charge < -0.3 is 15.1 Å². The van der Waals surface area contributed by atoms with Gasteiger partial charge in [0.15, 0.2) is 5.84 Å². The molecule has 0 spiro atoms. The number of rotatable bonds is 1. The second-order valence-corrected chi connectivity index (χ2v) is 7.66. The van der Waals surface area contributed by atoms with Crippen LogP contribution in [-0.4, -0.2) is 62.3 Å². The van der Waals surface area contributed by atoms with Gasteiger partial charge in [-0.2, -0.15) is 8.42 Å². The van der Waals surface area contributed by atoms with Crippen LogP contribution in [0.15, 0.2) is 33.6 Å². The maximum absolute atomic E-state index is 12.1. The van der Waals surface area contributed by atoms with E-state index in [1.807, 2.05) is 11.0 Å². The maximum Gasteiger partial charge on any atom is 0.317 e. The van der Waals surface area contributed by atoms with Crippen LogP contribution in [0.5, 0.6) is 0 Å². The zero-order valence-corrected chi connectivity index (χ0v) is 13.4. The Morgan fingerprint density at radius 3 is 2.52 bits per heavy atom. The van der Waals surface area contributed by atoms with E-state index in [2.05, 4.69) is 9.71 Å². The fourth-order valence-electron chi connectivity index (χ4n) is 2.93. The lowest BCUT2D eigenvalue weighted by molar-refractivity contribution is 0.169. The van der Waals surface area contributed by atoms with Crippen molar-refractivity contribution >= 4 is 21.9 Å². The lowest BCUT2D eigenvalue weighted by atomic mass is 10.1. The van der Waals surface area contributed by atoms with Crippen LogP contribution < -0.4 is 5.32 Å². The molecule has 7 nitrogen and oxygen atoms in total. The van der Waals surface area contributed by atoms with Gasteiger partial charge in [0, 0.05) is 37.8 Å². The Morgan fingerprint density at radius 1 is 1.13 bits per heavy atom. The molecule has 0 radical (unpaired) electrons. The number of nitrogens with zero attached hydrogens (tertiary/aromatic N) is 3. The van der Waals surface area contributed by atoms with Gasteiger partial charge in [0.25, 0.3) is 10.0 Å². The number of hydrogen-bond donors (Lipinski definition) is 1. The van der Waals surface area contributed by atoms with E-state index in [4.69, 9.17) is 0 Å². The first kappa shape index (κ1) is 14.5. The standard InChI is InChI=1S/C15H18N4O3S/c20-15(16-11-5-6-11)19-9-7-18(8-10-19)14-12-3-1-2-4-13(12)23(21,22)17-14/h1-4,11H,5-10H2,(H,16,20). The lowest BCUT2D eigenvalue weighted by Crippen LogP contribution is -2.53. The van der Waals surface area contributed by atoms with E-state index >= 15 is 0 Å². The number of nitrogens with one attached hydrogen (secondary N) is 1. The van der Waals surface area contributed by atoms with E-state index < -0.39 is 10.0 Å². The van der Waals surface area contributed by atoms with E-state index in [1.54, 1.807) is 23.1 Å². The topological polar surface area (TPSA) is 82.1 Å². The number of urea groups is 1. The molecule has 0 atom stereocenters. The molecule has 2 heterocycles. The Morgan fingerprint density at radius 2 is 1.83 bits per heavy atom. The summed E-state index contributed by atoms with van der Waals surface area (Å²) >= 11 is 0. The number of hydrogen-bond acceptors (Lipinski definition) is 4. The van der Waals surface area contributed by atoms with Crippen LogP contribution in [0, 0.1) is 0 Å². The zero-order valence-electron chi connectivity index (χ0n) is 12.6. The molecule has 2 amide bonds. The van der Waals surface area contributed by atoms with E-state index in [0.717, 1.165) is 12.8 Å². The third-order valence-corrected chi connectivity index (χ3v) is 5.71. The van der Waals surface area contributed by atoms with Crippen molar-refractivity contribution in [2.45, 2.75) is 23.8 Å². The molecule has 2 aliphatic heterocycles. The quantitative estimate of drug-likeness (QED) is 0.816. The van der Waals surface area contributed by atoms with Crippen molar-refractivity contribution in [3.63, 3.8) is 0 Å². The van der Waals surface area contributed by atoms with E-state index in [0.29, 0.717) is 43.6 Å². The summed E-state index contributed by atoms with van der Waals surface area (Å²) in [6.45, 7) is 2.31. The summed E-state index contributed by atoms with van der Waals surface area (Å²) in [7, 11) is -3.59. The van der Waals surface area contributed by atoms with Gasteiger partial charge >= 0.3 is 6.03 Å². The molecule has 1 saturated heterocycles. The number of amides is 2. The fraction of sp³-hybridized carbons (Fsp3) is 0.467. The highest BCUT2D eigenvalue weighted by atomic mass is 32.2. The van der Waals surface area contributed by atoms with Crippen molar-refractivity contribution in [1.29, 1.82) is 0 Å². The molecular weight excluding hydrogens is 316 g/mol. The largest absolute Gasteiger partial charge is 0.352 e. The summed E-state index contributed by atoms with van der Waals surface area (Å²) in [4.78, 5) is 16.0. The SMILES string of the molecule is O=C(NC1CC1)N1CCN(C2=NS(=O)(=O)c3ccccc32)CC1. The Bertz CT molecular complexity index is 778. The van der Waals surface area contributed by atoms with Crippen LogP contribution in [0.2, 0.25) is 0 Å². The summed E-state index contributed by atoms with van der Waals surface area (Å²) in [6.07, 6.45) is 2.13. The van der Waals surface area contributed by atoms with Gasteiger partial charge in [-0.3, -0.25) is 0 Å². The van der Waals surface area contributed by atoms with Gasteiger partial charge in [-0.15, -0.1) is 4.40 Å². The summed E-state index contributed by atoms with van der Waals surface area (Å²) in [6, 6.07) is 7.21. The van der Waals surface area contributed by atoms with Crippen LogP contribution in [0.25, 0.3) is 0 Å². The summed E-state index contributed by atoms with van der Waals surface area (Å²) in [5.41, 5.74) is 0.656. The first-order chi connectivity index (χ1) is 11.0. The highest BCUT2D eigenvalue weighted by molar-refractivity contribution is 7.90. The van der Waals surface area contributed by atoms with Crippen LogP contribution in [0.1, 0.15) is 18.4 Å². The molecule has 3 aliphatic rings. The Labute approximate surface area is 135 Å². The molecule has 122 valence electrons. The van der Waals surface area contributed by atoms with Gasteiger partial charge in [0.1, 0.15) is 4.90 Å². The number of carbonyl (C=O) groups excluding carboxylic acids is 1. The van der Waals surface area contributed by atoms with Gasteiger partial charge in [-0.05, 0) is 25.0 Å². The summed E-state index contributed by atoms with van der Waals surface area (Å²) in [5.74, 6) is 0.503. The van der Waals surface area contributed by atoms with Crippen molar-refractivity contribution < 1.29 is 13.2 Å². The van der Waals surface area contributed by atoms with Crippen LogP contribution in [0.3, 0.4) is 0 Å². The maximum atomic E-state index is 12.1. The summed E-state index contributed by atoms with van der Waals surface area (Å²) in [5, 5.41) is 2.98. The van der Waals surface area contributed by atoms with E-state index in [1.165, 1.54) is 0 Å². The Hall–Kier alpha value is -2.09. The lowest BCUT2D eigenvalue weighted by Gasteiger charge is -2.35. The smallest absolute Gasteiger partial charge is 0.317 e. The van der Waals surface area contributed by atoms with Gasteiger partial charge in [-0.25, -0.2) is 4.79 Å². The van der Waals surface area contributed by atoms with Gasteiger partial charge in [0.05, 0.1) is 0 Å². The molecule has 1 aliphatic carbocycles. The van der Waals surface area contributed by atoms with Gasteiger partial charge in [0.2, 0.25) is 0 Å². The van der Waals surface area contributed by atoms with Crippen molar-refractivity contribution in [3.05, 3.63) is 29.8 Å². The third-order valence-electron chi connectivity index (χ3n) is 4.38.